The molecule has 0 aromatic heterocycles. The van der Waals surface area contributed by atoms with Gasteiger partial charge in [0.25, 0.3) is 11.8 Å². The largest absolute Gasteiger partial charge is 0.503 e. The molecule has 0 radical (unpaired) electrons. The number of halogens is 4. The number of rotatable bonds is 4. The summed E-state index contributed by atoms with van der Waals surface area (Å²) < 4.78 is 19.0. The summed E-state index contributed by atoms with van der Waals surface area (Å²) in [6.07, 6.45) is 3.27. The first-order valence-corrected chi connectivity index (χ1v) is 11.1. The van der Waals surface area contributed by atoms with Gasteiger partial charge in [0, 0.05) is 5.92 Å². The molecule has 1 aliphatic carbocycles. The number of carbonyl (C=O) groups excluding carboxylic acids is 2. The smallest absolute Gasteiger partial charge is 0.258 e. The summed E-state index contributed by atoms with van der Waals surface area (Å²) in [7, 11) is 1.39. The Kier molecular flexibility index (Phi) is 5.64. The molecule has 9 heteroatoms. The van der Waals surface area contributed by atoms with Gasteiger partial charge in [0.05, 0.1) is 17.3 Å². The second kappa shape index (κ2) is 7.90. The Balaban J connectivity index is 1.94. The fraction of sp³-hybridized carbons (Fsp3) is 0.217. The molecule has 2 aromatic rings. The minimum atomic E-state index is -1.92. The van der Waals surface area contributed by atoms with Crippen LogP contribution in [-0.2, 0) is 9.59 Å². The van der Waals surface area contributed by atoms with Gasteiger partial charge in [-0.25, -0.2) is 9.29 Å². The number of nitrogens with zero attached hydrogens (tertiary/aromatic N) is 1. The van der Waals surface area contributed by atoms with Crippen molar-refractivity contribution in [1.82, 2.24) is 0 Å². The third-order valence-corrected chi connectivity index (χ3v) is 7.93. The summed E-state index contributed by atoms with van der Waals surface area (Å²) in [5, 5.41) is 10.2. The van der Waals surface area contributed by atoms with Gasteiger partial charge in [0.2, 0.25) is 0 Å². The summed E-state index contributed by atoms with van der Waals surface area (Å²) in [6.45, 7) is 3.83. The number of methoxy groups -OCH3 is 1. The maximum absolute atomic E-state index is 13.8. The van der Waals surface area contributed by atoms with Crippen LogP contribution in [0.15, 0.2) is 65.2 Å². The molecule has 0 bridgehead atoms. The SMILES string of the molecule is C=CC1=CCC2(Cl)C(=O)N(c3ccc(F)cc3)C(=O)C2(Cl)C1c1cc(Br)c(O)c(OC)c1. The van der Waals surface area contributed by atoms with Crippen LogP contribution < -0.4 is 9.64 Å². The molecule has 3 atom stereocenters. The van der Waals surface area contributed by atoms with Crippen LogP contribution in [0.2, 0.25) is 0 Å². The summed E-state index contributed by atoms with van der Waals surface area (Å²) in [5.74, 6) is -2.80. The Morgan fingerprint density at radius 1 is 1.25 bits per heavy atom. The normalized spacial score (nSPS) is 27.2. The first-order valence-electron chi connectivity index (χ1n) is 9.51. The molecule has 2 aliphatic rings. The van der Waals surface area contributed by atoms with Crippen molar-refractivity contribution in [3.63, 3.8) is 0 Å². The number of fused-ring (bicyclic) bond motifs is 1. The number of phenols is 1. The van der Waals surface area contributed by atoms with E-state index >= 15 is 0 Å². The molecule has 4 rings (SSSR count). The average molecular weight is 541 g/mol. The van der Waals surface area contributed by atoms with Crippen LogP contribution >= 0.6 is 39.1 Å². The van der Waals surface area contributed by atoms with Gasteiger partial charge in [-0.2, -0.15) is 0 Å². The topological polar surface area (TPSA) is 66.8 Å². The number of ether oxygens (including phenoxy) is 1. The van der Waals surface area contributed by atoms with Gasteiger partial charge < -0.3 is 9.84 Å². The Morgan fingerprint density at radius 2 is 1.91 bits per heavy atom. The van der Waals surface area contributed by atoms with Gasteiger partial charge in [-0.3, -0.25) is 9.59 Å². The zero-order valence-electron chi connectivity index (χ0n) is 16.7. The fourth-order valence-corrected chi connectivity index (χ4v) is 5.62. The van der Waals surface area contributed by atoms with Crippen LogP contribution in [0.25, 0.3) is 0 Å². The van der Waals surface area contributed by atoms with Crippen molar-refractivity contribution < 1.29 is 23.8 Å². The third kappa shape index (κ3) is 3.02. The van der Waals surface area contributed by atoms with Crippen LogP contribution in [0.4, 0.5) is 10.1 Å². The molecule has 0 saturated carbocycles. The van der Waals surface area contributed by atoms with Crippen LogP contribution in [-0.4, -0.2) is 33.8 Å². The number of aromatic hydroxyl groups is 1. The molecule has 1 aliphatic heterocycles. The predicted molar refractivity (Wildman–Crippen MR) is 124 cm³/mol. The number of amides is 2. The first-order chi connectivity index (χ1) is 15.1. The monoisotopic (exact) mass is 539 g/mol. The van der Waals surface area contributed by atoms with Crippen LogP contribution in [0.3, 0.4) is 0 Å². The standard InChI is InChI=1S/C23H17BrCl2FNO4/c1-3-12-8-9-22(25)20(30)28(15-6-4-14(27)5-7-15)21(31)23(22,26)18(12)13-10-16(24)19(29)17(11-13)32-2/h3-8,10-11,18,29H,1,9H2,2H3. The van der Waals surface area contributed by atoms with Gasteiger partial charge in [-0.15, -0.1) is 23.2 Å². The van der Waals surface area contributed by atoms with Gasteiger partial charge in [0.15, 0.2) is 21.2 Å². The number of anilines is 1. The number of benzene rings is 2. The number of carbonyl (C=O) groups is 2. The molecule has 2 amide bonds. The minimum absolute atomic E-state index is 0.00539. The maximum Gasteiger partial charge on any atom is 0.258 e. The number of imide groups is 1. The highest BCUT2D eigenvalue weighted by atomic mass is 79.9. The van der Waals surface area contributed by atoms with Crippen molar-refractivity contribution >= 4 is 56.6 Å². The van der Waals surface area contributed by atoms with Crippen LogP contribution in [0.5, 0.6) is 11.5 Å². The van der Waals surface area contributed by atoms with Crippen molar-refractivity contribution in [2.24, 2.45) is 0 Å². The molecule has 1 saturated heterocycles. The quantitative estimate of drug-likeness (QED) is 0.415. The molecule has 1 N–H and O–H groups in total. The van der Waals surface area contributed by atoms with Crippen molar-refractivity contribution in [3.8, 4) is 11.5 Å². The van der Waals surface area contributed by atoms with E-state index in [4.69, 9.17) is 27.9 Å². The van der Waals surface area contributed by atoms with E-state index in [2.05, 4.69) is 22.5 Å². The lowest BCUT2D eigenvalue weighted by atomic mass is 9.68. The Labute approximate surface area is 202 Å². The van der Waals surface area contributed by atoms with E-state index in [0.29, 0.717) is 15.6 Å². The molecule has 5 nitrogen and oxygen atoms in total. The van der Waals surface area contributed by atoms with Crippen LogP contribution in [0, 0.1) is 5.82 Å². The average Bonchev–Trinajstić information content (AvgIpc) is 2.93. The van der Waals surface area contributed by atoms with E-state index in [1.807, 2.05) is 0 Å². The summed E-state index contributed by atoms with van der Waals surface area (Å²) >= 11 is 17.2. The molecule has 0 spiro atoms. The number of alkyl halides is 2. The summed E-state index contributed by atoms with van der Waals surface area (Å²) in [5.41, 5.74) is 1.25. The lowest BCUT2D eigenvalue weighted by Crippen LogP contribution is -2.54. The Morgan fingerprint density at radius 3 is 2.50 bits per heavy atom. The zero-order valence-corrected chi connectivity index (χ0v) is 19.8. The number of allylic oxidation sites excluding steroid dienone is 3. The highest BCUT2D eigenvalue weighted by Gasteiger charge is 2.73. The molecular weight excluding hydrogens is 524 g/mol. The van der Waals surface area contributed by atoms with Crippen molar-refractivity contribution in [1.29, 1.82) is 0 Å². The second-order valence-electron chi connectivity index (χ2n) is 7.53. The van der Waals surface area contributed by atoms with E-state index in [1.54, 1.807) is 18.2 Å². The molecule has 2 aromatic carbocycles. The summed E-state index contributed by atoms with van der Waals surface area (Å²) in [4.78, 5) is 24.4. The molecular formula is C23H17BrCl2FNO4. The minimum Gasteiger partial charge on any atom is -0.503 e. The molecule has 166 valence electrons. The van der Waals surface area contributed by atoms with E-state index in [9.17, 15) is 19.1 Å². The highest BCUT2D eigenvalue weighted by Crippen LogP contribution is 2.60. The maximum atomic E-state index is 13.8. The summed E-state index contributed by atoms with van der Waals surface area (Å²) in [6, 6.07) is 8.05. The van der Waals surface area contributed by atoms with Crippen molar-refractivity contribution in [2.45, 2.75) is 22.1 Å². The zero-order chi connectivity index (χ0) is 23.4. The second-order valence-corrected chi connectivity index (χ2v) is 9.63. The van der Waals surface area contributed by atoms with Crippen LogP contribution in [0.1, 0.15) is 17.9 Å². The van der Waals surface area contributed by atoms with E-state index in [1.165, 1.54) is 25.3 Å². The number of hydrogen-bond donors (Lipinski definition) is 1. The molecule has 1 fully saturated rings. The predicted octanol–water partition coefficient (Wildman–Crippen LogP) is 5.43. The van der Waals surface area contributed by atoms with E-state index < -0.39 is 33.3 Å². The van der Waals surface area contributed by atoms with Gasteiger partial charge >= 0.3 is 0 Å². The number of hydrogen-bond acceptors (Lipinski definition) is 4. The molecule has 1 heterocycles. The first kappa shape index (κ1) is 22.8. The molecule has 3 unspecified atom stereocenters. The Hall–Kier alpha value is -2.35. The van der Waals surface area contributed by atoms with Gasteiger partial charge in [0.1, 0.15) is 5.82 Å². The van der Waals surface area contributed by atoms with Gasteiger partial charge in [-0.05, 0) is 69.9 Å². The fourth-order valence-electron chi connectivity index (χ4n) is 4.32. The van der Waals surface area contributed by atoms with E-state index in [0.717, 1.165) is 17.0 Å². The lowest BCUT2D eigenvalue weighted by molar-refractivity contribution is -0.122. The number of phenolic OH excluding ortho intramolecular Hbond substituents is 1. The lowest BCUT2D eigenvalue weighted by Gasteiger charge is -2.42. The van der Waals surface area contributed by atoms with Crippen molar-refractivity contribution in [2.75, 3.05) is 12.0 Å². The third-order valence-electron chi connectivity index (χ3n) is 5.91. The van der Waals surface area contributed by atoms with E-state index in [-0.39, 0.29) is 23.6 Å². The Bertz CT molecular complexity index is 1190. The van der Waals surface area contributed by atoms with Crippen molar-refractivity contribution in [3.05, 3.63) is 76.6 Å². The van der Waals surface area contributed by atoms with Gasteiger partial charge in [-0.1, -0.05) is 18.7 Å². The molecule has 32 heavy (non-hydrogen) atoms. The highest BCUT2D eigenvalue weighted by molar-refractivity contribution is 9.10.